The van der Waals surface area contributed by atoms with Crippen LogP contribution in [0.3, 0.4) is 0 Å². The summed E-state index contributed by atoms with van der Waals surface area (Å²) in [7, 11) is 0. The predicted molar refractivity (Wildman–Crippen MR) is 118 cm³/mol. The van der Waals surface area contributed by atoms with Crippen molar-refractivity contribution in [2.24, 2.45) is 11.8 Å². The minimum Gasteiger partial charge on any atom is -0.352 e. The number of nitrogens with zero attached hydrogens (tertiary/aromatic N) is 3. The van der Waals surface area contributed by atoms with Gasteiger partial charge in [-0.2, -0.15) is 0 Å². The number of fused-ring (bicyclic) bond motifs is 1. The maximum Gasteiger partial charge on any atom is 0.225 e. The SMILES string of the molecule is CC(C)Cn1c(N2CCCC(C(=O)NCc3ccccc3)C2)nc2ccccc21. The van der Waals surface area contributed by atoms with Crippen LogP contribution in [-0.2, 0) is 17.9 Å². The van der Waals surface area contributed by atoms with Crippen molar-refractivity contribution in [3.05, 3.63) is 60.2 Å². The predicted octanol–water partition coefficient (Wildman–Crippen LogP) is 4.23. The smallest absolute Gasteiger partial charge is 0.225 e. The number of hydrogen-bond donors (Lipinski definition) is 1. The Kier molecular flexibility index (Phi) is 5.84. The monoisotopic (exact) mass is 390 g/mol. The number of carbonyl (C=O) groups excluding carboxylic acids is 1. The fraction of sp³-hybridized carbons (Fsp3) is 0.417. The Morgan fingerprint density at radius 1 is 1.14 bits per heavy atom. The number of aromatic nitrogens is 2. The molecule has 1 aliphatic rings. The maximum absolute atomic E-state index is 12.8. The molecule has 1 amide bonds. The third-order valence-electron chi connectivity index (χ3n) is 5.57. The van der Waals surface area contributed by atoms with Crippen LogP contribution >= 0.6 is 0 Å². The van der Waals surface area contributed by atoms with Crippen molar-refractivity contribution in [3.63, 3.8) is 0 Å². The van der Waals surface area contributed by atoms with Gasteiger partial charge in [0.1, 0.15) is 0 Å². The van der Waals surface area contributed by atoms with E-state index >= 15 is 0 Å². The Hall–Kier alpha value is -2.82. The van der Waals surface area contributed by atoms with E-state index in [1.165, 1.54) is 5.52 Å². The lowest BCUT2D eigenvalue weighted by atomic mass is 9.97. The number of nitrogens with one attached hydrogen (secondary N) is 1. The lowest BCUT2D eigenvalue weighted by Crippen LogP contribution is -2.44. The van der Waals surface area contributed by atoms with Gasteiger partial charge in [-0.15, -0.1) is 0 Å². The number of amides is 1. The second-order valence-corrected chi connectivity index (χ2v) is 8.39. The van der Waals surface area contributed by atoms with Crippen molar-refractivity contribution in [2.75, 3.05) is 18.0 Å². The summed E-state index contributed by atoms with van der Waals surface area (Å²) in [6.45, 7) is 7.65. The molecule has 29 heavy (non-hydrogen) atoms. The molecule has 0 bridgehead atoms. The number of anilines is 1. The molecule has 0 spiro atoms. The zero-order chi connectivity index (χ0) is 20.2. The van der Waals surface area contributed by atoms with Gasteiger partial charge in [-0.25, -0.2) is 4.98 Å². The average molecular weight is 391 g/mol. The molecule has 1 unspecified atom stereocenters. The summed E-state index contributed by atoms with van der Waals surface area (Å²) in [4.78, 5) is 20.1. The lowest BCUT2D eigenvalue weighted by Gasteiger charge is -2.33. The number of carbonyl (C=O) groups is 1. The molecule has 2 heterocycles. The van der Waals surface area contributed by atoms with E-state index in [1.807, 2.05) is 36.4 Å². The molecule has 2 aromatic carbocycles. The maximum atomic E-state index is 12.8. The molecule has 1 saturated heterocycles. The summed E-state index contributed by atoms with van der Waals surface area (Å²) < 4.78 is 2.32. The van der Waals surface area contributed by atoms with E-state index in [-0.39, 0.29) is 11.8 Å². The van der Waals surface area contributed by atoms with Gasteiger partial charge >= 0.3 is 0 Å². The Balaban J connectivity index is 1.50. The van der Waals surface area contributed by atoms with Crippen LogP contribution in [0.2, 0.25) is 0 Å². The highest BCUT2D eigenvalue weighted by atomic mass is 16.1. The summed E-state index contributed by atoms with van der Waals surface area (Å²) in [5, 5.41) is 3.12. The van der Waals surface area contributed by atoms with E-state index in [0.29, 0.717) is 12.5 Å². The Labute approximate surface area is 172 Å². The third kappa shape index (κ3) is 4.44. The first-order valence-corrected chi connectivity index (χ1v) is 10.6. The van der Waals surface area contributed by atoms with Gasteiger partial charge in [0.05, 0.1) is 17.0 Å². The highest BCUT2D eigenvalue weighted by Crippen LogP contribution is 2.28. The van der Waals surface area contributed by atoms with Crippen molar-refractivity contribution in [1.29, 1.82) is 0 Å². The third-order valence-corrected chi connectivity index (χ3v) is 5.57. The highest BCUT2D eigenvalue weighted by molar-refractivity contribution is 5.81. The van der Waals surface area contributed by atoms with Crippen LogP contribution in [-0.4, -0.2) is 28.5 Å². The van der Waals surface area contributed by atoms with Gasteiger partial charge < -0.3 is 14.8 Å². The molecular formula is C24H30N4O. The van der Waals surface area contributed by atoms with Crippen LogP contribution in [0.25, 0.3) is 11.0 Å². The Morgan fingerprint density at radius 3 is 2.69 bits per heavy atom. The molecule has 0 aliphatic carbocycles. The number of benzene rings is 2. The molecule has 3 aromatic rings. The van der Waals surface area contributed by atoms with Crippen molar-refractivity contribution >= 4 is 22.9 Å². The van der Waals surface area contributed by atoms with Crippen molar-refractivity contribution in [1.82, 2.24) is 14.9 Å². The number of piperidine rings is 1. The average Bonchev–Trinajstić information content (AvgIpc) is 3.11. The fourth-order valence-corrected chi connectivity index (χ4v) is 4.15. The molecule has 0 saturated carbocycles. The lowest BCUT2D eigenvalue weighted by molar-refractivity contribution is -0.125. The van der Waals surface area contributed by atoms with Gasteiger partial charge in [-0.3, -0.25) is 4.79 Å². The number of para-hydroxylation sites is 2. The van der Waals surface area contributed by atoms with E-state index < -0.39 is 0 Å². The molecule has 4 rings (SSSR count). The summed E-state index contributed by atoms with van der Waals surface area (Å²) in [5.41, 5.74) is 3.33. The number of hydrogen-bond acceptors (Lipinski definition) is 3. The van der Waals surface area contributed by atoms with Gasteiger partial charge in [0.2, 0.25) is 11.9 Å². The summed E-state index contributed by atoms with van der Waals surface area (Å²) in [5.74, 6) is 1.67. The zero-order valence-corrected chi connectivity index (χ0v) is 17.3. The molecule has 1 aliphatic heterocycles. The zero-order valence-electron chi connectivity index (χ0n) is 17.3. The van der Waals surface area contributed by atoms with Crippen molar-refractivity contribution < 1.29 is 4.79 Å². The Bertz CT molecular complexity index is 963. The second-order valence-electron chi connectivity index (χ2n) is 8.39. The summed E-state index contributed by atoms with van der Waals surface area (Å²) in [6.07, 6.45) is 1.94. The minimum atomic E-state index is -0.000209. The van der Waals surface area contributed by atoms with Crippen molar-refractivity contribution in [2.45, 2.75) is 39.8 Å². The van der Waals surface area contributed by atoms with Gasteiger partial charge in [0.15, 0.2) is 0 Å². The molecular weight excluding hydrogens is 360 g/mol. The minimum absolute atomic E-state index is 0.000209. The van der Waals surface area contributed by atoms with Crippen LogP contribution in [0.15, 0.2) is 54.6 Å². The van der Waals surface area contributed by atoms with Crippen molar-refractivity contribution in [3.8, 4) is 0 Å². The first-order valence-electron chi connectivity index (χ1n) is 10.6. The van der Waals surface area contributed by atoms with E-state index in [4.69, 9.17) is 4.98 Å². The largest absolute Gasteiger partial charge is 0.352 e. The molecule has 1 atom stereocenters. The van der Waals surface area contributed by atoms with E-state index in [1.54, 1.807) is 0 Å². The molecule has 1 fully saturated rings. The molecule has 1 aromatic heterocycles. The molecule has 1 N–H and O–H groups in total. The van der Waals surface area contributed by atoms with Crippen LogP contribution in [0, 0.1) is 11.8 Å². The highest BCUT2D eigenvalue weighted by Gasteiger charge is 2.28. The van der Waals surface area contributed by atoms with Gasteiger partial charge in [0.25, 0.3) is 0 Å². The first-order chi connectivity index (χ1) is 14.1. The van der Waals surface area contributed by atoms with E-state index in [9.17, 15) is 4.79 Å². The number of rotatable bonds is 6. The van der Waals surface area contributed by atoms with Gasteiger partial charge in [0, 0.05) is 26.2 Å². The number of imidazole rings is 1. The second kappa shape index (κ2) is 8.68. The molecule has 5 nitrogen and oxygen atoms in total. The van der Waals surface area contributed by atoms with Crippen LogP contribution in [0.5, 0.6) is 0 Å². The molecule has 5 heteroatoms. The van der Waals surface area contributed by atoms with Crippen LogP contribution in [0.1, 0.15) is 32.3 Å². The quantitative estimate of drug-likeness (QED) is 0.685. The van der Waals surface area contributed by atoms with E-state index in [2.05, 4.69) is 46.8 Å². The Morgan fingerprint density at radius 2 is 1.90 bits per heavy atom. The molecule has 0 radical (unpaired) electrons. The van der Waals surface area contributed by atoms with Gasteiger partial charge in [-0.05, 0) is 36.5 Å². The first kappa shape index (κ1) is 19.5. The topological polar surface area (TPSA) is 50.2 Å². The summed E-state index contributed by atoms with van der Waals surface area (Å²) >= 11 is 0. The van der Waals surface area contributed by atoms with Crippen LogP contribution < -0.4 is 10.2 Å². The summed E-state index contributed by atoms with van der Waals surface area (Å²) in [6, 6.07) is 18.4. The normalized spacial score (nSPS) is 17.1. The van der Waals surface area contributed by atoms with Gasteiger partial charge in [-0.1, -0.05) is 56.3 Å². The van der Waals surface area contributed by atoms with E-state index in [0.717, 1.165) is 49.5 Å². The molecule has 152 valence electrons. The fourth-order valence-electron chi connectivity index (χ4n) is 4.15. The van der Waals surface area contributed by atoms with Crippen LogP contribution in [0.4, 0.5) is 5.95 Å². The standard InChI is InChI=1S/C24H30N4O/c1-18(2)16-28-22-13-7-6-12-21(22)26-24(28)27-14-8-11-20(17-27)23(29)25-15-19-9-4-3-5-10-19/h3-7,9-10,12-13,18,20H,8,11,14-17H2,1-2H3,(H,25,29).